The van der Waals surface area contributed by atoms with E-state index in [1.165, 1.54) is 13.0 Å². The van der Waals surface area contributed by atoms with Crippen molar-refractivity contribution in [1.82, 2.24) is 0 Å². The molecule has 10 heteroatoms. The summed E-state index contributed by atoms with van der Waals surface area (Å²) in [5.41, 5.74) is -8.07. The normalized spacial score (nSPS) is 35.0. The number of epoxide rings is 1. The van der Waals surface area contributed by atoms with Gasteiger partial charge < -0.3 is 34.6 Å². The number of aliphatic hydroxyl groups is 4. The Morgan fingerprint density at radius 3 is 1.75 bits per heavy atom. The third kappa shape index (κ3) is 10.7. The van der Waals surface area contributed by atoms with Crippen molar-refractivity contribution in [3.05, 3.63) is 11.6 Å². The van der Waals surface area contributed by atoms with Crippen LogP contribution >= 0.6 is 0 Å². The Morgan fingerprint density at radius 2 is 1.33 bits per heavy atom. The van der Waals surface area contributed by atoms with Gasteiger partial charge in [0.2, 0.25) is 0 Å². The maximum Gasteiger partial charge on any atom is 0.309 e. The van der Waals surface area contributed by atoms with Crippen LogP contribution in [-0.2, 0) is 28.6 Å². The third-order valence-electron chi connectivity index (χ3n) is 11.5. The van der Waals surface area contributed by atoms with E-state index in [2.05, 4.69) is 0 Å². The standard InChI is InChI=1S/C31H46O10.8C2H6/c1-8-10-11-12-19(33)39-23-17(5)29(37)18-13-16(4)22(34)30(18,38)26(36)28(14-32)24(40-28)20(29)21-27(6,7)31(21,23)41-25(35)15(3)9-2;8*1-2/h13,15,17-18,20-21,23-24,26,32,36-38H,8-12,14H2,1-7H3;8*1-2H3. The van der Waals surface area contributed by atoms with Gasteiger partial charge in [0.15, 0.2) is 17.0 Å². The van der Waals surface area contributed by atoms with E-state index in [1.54, 1.807) is 13.8 Å². The van der Waals surface area contributed by atoms with Crippen LogP contribution in [0.15, 0.2) is 11.6 Å². The van der Waals surface area contributed by atoms with Crippen molar-refractivity contribution >= 4 is 17.7 Å². The molecule has 5 aliphatic rings. The first kappa shape index (κ1) is 61.8. The molecule has 0 aromatic heterocycles. The topological polar surface area (TPSA) is 163 Å². The first-order valence-corrected chi connectivity index (χ1v) is 23.2. The van der Waals surface area contributed by atoms with Crippen molar-refractivity contribution in [3.63, 3.8) is 0 Å². The Morgan fingerprint density at radius 1 is 0.860 bits per heavy atom. The zero-order valence-electron chi connectivity index (χ0n) is 41.2. The van der Waals surface area contributed by atoms with Crippen LogP contribution in [0, 0.1) is 35.0 Å². The van der Waals surface area contributed by atoms with Crippen LogP contribution in [-0.4, -0.2) is 85.5 Å². The molecule has 4 fully saturated rings. The predicted octanol–water partition coefficient (Wildman–Crippen LogP) is 10.0. The number of hydrogen-bond acceptors (Lipinski definition) is 10. The molecule has 10 nitrogen and oxygen atoms in total. The summed E-state index contributed by atoms with van der Waals surface area (Å²) in [6.07, 6.45) is 0.680. The van der Waals surface area contributed by atoms with E-state index in [9.17, 15) is 34.8 Å². The summed E-state index contributed by atoms with van der Waals surface area (Å²) in [5.74, 6) is -5.84. The lowest BCUT2D eigenvalue weighted by Crippen LogP contribution is -2.69. The SMILES string of the molecule is CC.CC.CC.CC.CC.CC.CC.CC.CCCCCC(=O)OC1C(C)C2(O)C(C3OC3(CO)C(O)C3(O)C(=O)C(C)=CC32)C2C(C)(C)C12OC(=O)C(C)CC. The van der Waals surface area contributed by atoms with E-state index < -0.39 is 100 Å². The quantitative estimate of drug-likeness (QED) is 0.100. The van der Waals surface area contributed by atoms with E-state index in [0.717, 1.165) is 12.8 Å². The van der Waals surface area contributed by atoms with Crippen LogP contribution in [0.5, 0.6) is 0 Å². The van der Waals surface area contributed by atoms with Gasteiger partial charge >= 0.3 is 11.9 Å². The second-order valence-electron chi connectivity index (χ2n) is 13.8. The summed E-state index contributed by atoms with van der Waals surface area (Å²) in [7, 11) is 0. The molecule has 3 saturated carbocycles. The molecule has 0 aromatic carbocycles. The van der Waals surface area contributed by atoms with E-state index in [4.69, 9.17) is 14.2 Å². The van der Waals surface area contributed by atoms with Crippen molar-refractivity contribution in [2.75, 3.05) is 6.61 Å². The largest absolute Gasteiger partial charge is 0.458 e. The molecule has 0 bridgehead atoms. The van der Waals surface area contributed by atoms with Crippen molar-refractivity contribution in [3.8, 4) is 0 Å². The van der Waals surface area contributed by atoms with Crippen LogP contribution in [0.25, 0.3) is 0 Å². The Hall–Kier alpha value is -1.85. The number of esters is 2. The maximum atomic E-state index is 13.4. The highest BCUT2D eigenvalue weighted by molar-refractivity contribution is 6.05. The Labute approximate surface area is 351 Å². The summed E-state index contributed by atoms with van der Waals surface area (Å²) in [5, 5.41) is 46.9. The second kappa shape index (κ2) is 27.8. The molecule has 0 aromatic rings. The van der Waals surface area contributed by atoms with Gasteiger partial charge in [-0.15, -0.1) is 0 Å². The first-order valence-electron chi connectivity index (χ1n) is 23.2. The van der Waals surface area contributed by atoms with Crippen LogP contribution in [0.1, 0.15) is 191 Å². The lowest BCUT2D eigenvalue weighted by molar-refractivity contribution is -0.246. The van der Waals surface area contributed by atoms with Crippen molar-refractivity contribution in [1.29, 1.82) is 0 Å². The van der Waals surface area contributed by atoms with E-state index in [0.29, 0.717) is 12.8 Å². The number of carbonyl (C=O) groups is 3. The van der Waals surface area contributed by atoms with E-state index in [1.807, 2.05) is 138 Å². The molecule has 4 N–H and O–H groups in total. The summed E-state index contributed by atoms with van der Waals surface area (Å²) in [4.78, 5) is 40.0. The number of unbranched alkanes of at least 4 members (excludes halogenated alkanes) is 2. The average Bonchev–Trinajstić information content (AvgIpc) is 4.09. The smallest absolute Gasteiger partial charge is 0.309 e. The molecule has 12 unspecified atom stereocenters. The number of carbonyl (C=O) groups excluding carboxylic acids is 3. The molecular formula is C47H94O10. The van der Waals surface area contributed by atoms with E-state index in [-0.39, 0.29) is 12.0 Å². The van der Waals surface area contributed by atoms with Gasteiger partial charge in [0, 0.05) is 35.5 Å². The predicted molar refractivity (Wildman–Crippen MR) is 236 cm³/mol. The third-order valence-corrected chi connectivity index (χ3v) is 11.5. The lowest BCUT2D eigenvalue weighted by atomic mass is 9.58. The fraction of sp³-hybridized carbons (Fsp3) is 0.894. The van der Waals surface area contributed by atoms with Gasteiger partial charge in [0.05, 0.1) is 24.2 Å². The first-order chi connectivity index (χ1) is 27.1. The Bertz CT molecular complexity index is 1170. The monoisotopic (exact) mass is 819 g/mol. The molecule has 1 saturated heterocycles. The van der Waals surface area contributed by atoms with Gasteiger partial charge in [0.25, 0.3) is 0 Å². The minimum Gasteiger partial charge on any atom is -0.458 e. The molecule has 0 amide bonds. The Kier molecular flexibility index (Phi) is 30.2. The number of ether oxygens (including phenoxy) is 3. The van der Waals surface area contributed by atoms with Crippen LogP contribution in [0.2, 0.25) is 0 Å². The molecule has 1 heterocycles. The van der Waals surface area contributed by atoms with Crippen LogP contribution in [0.3, 0.4) is 0 Å². The molecule has 0 spiro atoms. The zero-order valence-corrected chi connectivity index (χ0v) is 41.2. The maximum absolute atomic E-state index is 13.4. The van der Waals surface area contributed by atoms with Gasteiger partial charge in [-0.3, -0.25) is 14.4 Å². The van der Waals surface area contributed by atoms with Crippen molar-refractivity contribution < 1.29 is 49.0 Å². The lowest BCUT2D eigenvalue weighted by Gasteiger charge is -2.53. The number of hydrogen-bond donors (Lipinski definition) is 4. The summed E-state index contributed by atoms with van der Waals surface area (Å²) in [6, 6.07) is 0. The molecule has 0 radical (unpaired) electrons. The minimum atomic E-state index is -2.47. The van der Waals surface area contributed by atoms with Gasteiger partial charge in [0.1, 0.15) is 17.8 Å². The molecule has 12 atom stereocenters. The number of rotatable bonds is 9. The zero-order chi connectivity index (χ0) is 46.5. The molecular weight excluding hydrogens is 725 g/mol. The van der Waals surface area contributed by atoms with Crippen LogP contribution in [0.4, 0.5) is 0 Å². The highest BCUT2D eigenvalue weighted by atomic mass is 16.6. The summed E-state index contributed by atoms with van der Waals surface area (Å²) >= 11 is 0. The van der Waals surface area contributed by atoms with E-state index >= 15 is 0 Å². The van der Waals surface area contributed by atoms with Gasteiger partial charge in [-0.25, -0.2) is 0 Å². The van der Waals surface area contributed by atoms with Gasteiger partial charge in [-0.05, 0) is 25.3 Å². The van der Waals surface area contributed by atoms with Gasteiger partial charge in [-0.2, -0.15) is 0 Å². The number of ketones is 1. The van der Waals surface area contributed by atoms with Crippen molar-refractivity contribution in [2.24, 2.45) is 35.0 Å². The molecule has 4 aliphatic carbocycles. The molecule has 57 heavy (non-hydrogen) atoms. The second-order valence-corrected chi connectivity index (χ2v) is 13.8. The molecule has 342 valence electrons. The number of Topliss-reactive ketones (excluding diaryl/α,β-unsaturated/α-hetero) is 1. The fourth-order valence-electron chi connectivity index (χ4n) is 8.82. The molecule has 1 aliphatic heterocycles. The average molecular weight is 819 g/mol. The summed E-state index contributed by atoms with van der Waals surface area (Å²) < 4.78 is 18.5. The minimum absolute atomic E-state index is 0.155. The number of aliphatic hydroxyl groups excluding tert-OH is 2. The van der Waals surface area contributed by atoms with Crippen LogP contribution < -0.4 is 0 Å². The Balaban J connectivity index is -0.000000784. The molecule has 5 rings (SSSR count). The number of fused-ring (bicyclic) bond motifs is 7. The highest BCUT2D eigenvalue weighted by Gasteiger charge is 2.93. The van der Waals surface area contributed by atoms with Gasteiger partial charge in [-0.1, -0.05) is 171 Å². The van der Waals surface area contributed by atoms with Crippen molar-refractivity contribution in [2.45, 2.75) is 232 Å². The highest BCUT2D eigenvalue weighted by Crippen LogP contribution is 2.80. The summed E-state index contributed by atoms with van der Waals surface area (Å²) in [6.45, 7) is 43.9. The fourth-order valence-corrected chi connectivity index (χ4v) is 8.82.